The summed E-state index contributed by atoms with van der Waals surface area (Å²) in [5, 5.41) is 9.47. The standard InChI is InChI=1S/C19H20N2/c1-14-7-5-6-8-19(14)17(13-20)12-16-9-10-18(21(3)4)11-15(16)2/h5-12H,1-4H3. The summed E-state index contributed by atoms with van der Waals surface area (Å²) in [6.07, 6.45) is 1.97. The fourth-order valence-corrected chi connectivity index (χ4v) is 2.30. The average molecular weight is 276 g/mol. The maximum absolute atomic E-state index is 9.47. The molecule has 0 aliphatic rings. The highest BCUT2D eigenvalue weighted by Crippen LogP contribution is 2.24. The summed E-state index contributed by atoms with van der Waals surface area (Å²) in [7, 11) is 4.05. The maximum atomic E-state index is 9.47. The molecule has 0 fully saturated rings. The first-order chi connectivity index (χ1) is 10.0. The van der Waals surface area contributed by atoms with Crippen molar-refractivity contribution in [3.63, 3.8) is 0 Å². The molecular weight excluding hydrogens is 256 g/mol. The summed E-state index contributed by atoms with van der Waals surface area (Å²) in [4.78, 5) is 2.08. The monoisotopic (exact) mass is 276 g/mol. The molecular formula is C19H20N2. The van der Waals surface area contributed by atoms with E-state index in [1.807, 2.05) is 51.4 Å². The van der Waals surface area contributed by atoms with Crippen molar-refractivity contribution >= 4 is 17.3 Å². The van der Waals surface area contributed by atoms with E-state index in [-0.39, 0.29) is 0 Å². The van der Waals surface area contributed by atoms with Crippen molar-refractivity contribution in [1.29, 1.82) is 5.26 Å². The number of hydrogen-bond donors (Lipinski definition) is 0. The van der Waals surface area contributed by atoms with Crippen molar-refractivity contribution in [2.75, 3.05) is 19.0 Å². The van der Waals surface area contributed by atoms with E-state index in [2.05, 4.69) is 36.1 Å². The highest BCUT2D eigenvalue weighted by molar-refractivity contribution is 5.91. The van der Waals surface area contributed by atoms with Crippen LogP contribution in [0.3, 0.4) is 0 Å². The molecule has 0 saturated carbocycles. The Morgan fingerprint density at radius 1 is 1.05 bits per heavy atom. The molecule has 0 amide bonds. The normalized spacial score (nSPS) is 11.1. The first-order valence-corrected chi connectivity index (χ1v) is 6.98. The molecule has 0 bridgehead atoms. The number of nitrogens with zero attached hydrogens (tertiary/aromatic N) is 2. The lowest BCUT2D eigenvalue weighted by atomic mass is 9.98. The van der Waals surface area contributed by atoms with Gasteiger partial charge in [-0.15, -0.1) is 0 Å². The Hall–Kier alpha value is -2.53. The highest BCUT2D eigenvalue weighted by Gasteiger charge is 2.06. The topological polar surface area (TPSA) is 27.0 Å². The predicted octanol–water partition coefficient (Wildman–Crippen LogP) is 4.43. The quantitative estimate of drug-likeness (QED) is 0.612. The molecule has 0 spiro atoms. The van der Waals surface area contributed by atoms with E-state index in [4.69, 9.17) is 0 Å². The van der Waals surface area contributed by atoms with Crippen LogP contribution >= 0.6 is 0 Å². The molecule has 0 heterocycles. The third kappa shape index (κ3) is 3.32. The Balaban J connectivity index is 2.47. The number of nitriles is 1. The van der Waals surface area contributed by atoms with Gasteiger partial charge >= 0.3 is 0 Å². The number of rotatable bonds is 3. The summed E-state index contributed by atoms with van der Waals surface area (Å²) in [6.45, 7) is 4.11. The van der Waals surface area contributed by atoms with Gasteiger partial charge in [0.05, 0.1) is 11.6 Å². The number of allylic oxidation sites excluding steroid dienone is 1. The second kappa shape index (κ2) is 6.28. The Labute approximate surface area is 127 Å². The molecule has 0 aliphatic carbocycles. The van der Waals surface area contributed by atoms with E-state index < -0.39 is 0 Å². The number of hydrogen-bond acceptors (Lipinski definition) is 2. The van der Waals surface area contributed by atoms with Crippen LogP contribution in [-0.4, -0.2) is 14.1 Å². The second-order valence-electron chi connectivity index (χ2n) is 5.42. The summed E-state index contributed by atoms with van der Waals surface area (Å²) >= 11 is 0. The molecule has 21 heavy (non-hydrogen) atoms. The first kappa shape index (κ1) is 14.9. The zero-order chi connectivity index (χ0) is 15.4. The van der Waals surface area contributed by atoms with Crippen molar-refractivity contribution in [2.45, 2.75) is 13.8 Å². The third-order valence-electron chi connectivity index (χ3n) is 3.63. The number of aryl methyl sites for hydroxylation is 2. The molecule has 0 atom stereocenters. The summed E-state index contributed by atoms with van der Waals surface area (Å²) in [6, 6.07) is 16.6. The first-order valence-electron chi connectivity index (χ1n) is 6.98. The van der Waals surface area contributed by atoms with Gasteiger partial charge in [-0.2, -0.15) is 5.26 Å². The van der Waals surface area contributed by atoms with Gasteiger partial charge in [0.1, 0.15) is 0 Å². The van der Waals surface area contributed by atoms with Crippen LogP contribution in [0.2, 0.25) is 0 Å². The minimum atomic E-state index is 0.703. The van der Waals surface area contributed by atoms with Gasteiger partial charge < -0.3 is 4.90 Å². The van der Waals surface area contributed by atoms with Crippen molar-refractivity contribution in [3.05, 3.63) is 64.7 Å². The molecule has 0 N–H and O–H groups in total. The molecule has 2 heteroatoms. The van der Waals surface area contributed by atoms with Crippen molar-refractivity contribution < 1.29 is 0 Å². The predicted molar refractivity (Wildman–Crippen MR) is 90.2 cm³/mol. The molecule has 0 aromatic heterocycles. The number of benzene rings is 2. The van der Waals surface area contributed by atoms with Crippen LogP contribution < -0.4 is 4.90 Å². The fourth-order valence-electron chi connectivity index (χ4n) is 2.30. The molecule has 106 valence electrons. The van der Waals surface area contributed by atoms with Crippen LogP contribution in [0.25, 0.3) is 11.6 Å². The molecule has 2 rings (SSSR count). The Kier molecular flexibility index (Phi) is 4.45. The largest absolute Gasteiger partial charge is 0.378 e. The van der Waals surface area contributed by atoms with Crippen LogP contribution in [0.1, 0.15) is 22.3 Å². The van der Waals surface area contributed by atoms with Gasteiger partial charge in [0.25, 0.3) is 0 Å². The number of anilines is 1. The van der Waals surface area contributed by atoms with E-state index in [9.17, 15) is 5.26 Å². The van der Waals surface area contributed by atoms with Crippen molar-refractivity contribution in [1.82, 2.24) is 0 Å². The van der Waals surface area contributed by atoms with Gasteiger partial charge in [-0.25, -0.2) is 0 Å². The molecule has 2 aromatic rings. The zero-order valence-corrected chi connectivity index (χ0v) is 13.0. The molecule has 0 unspecified atom stereocenters. The smallest absolute Gasteiger partial charge is 0.0998 e. The summed E-state index contributed by atoms with van der Waals surface area (Å²) in [5.74, 6) is 0. The van der Waals surface area contributed by atoms with Crippen LogP contribution in [0, 0.1) is 25.2 Å². The van der Waals surface area contributed by atoms with Gasteiger partial charge in [-0.3, -0.25) is 0 Å². The van der Waals surface area contributed by atoms with Gasteiger partial charge in [0.2, 0.25) is 0 Å². The van der Waals surface area contributed by atoms with Crippen molar-refractivity contribution in [2.24, 2.45) is 0 Å². The minimum absolute atomic E-state index is 0.703. The molecule has 0 saturated heterocycles. The van der Waals surface area contributed by atoms with E-state index in [0.717, 1.165) is 16.7 Å². The lowest BCUT2D eigenvalue weighted by Gasteiger charge is -2.14. The Morgan fingerprint density at radius 2 is 1.76 bits per heavy atom. The molecule has 0 radical (unpaired) electrons. The average Bonchev–Trinajstić information content (AvgIpc) is 2.47. The molecule has 2 nitrogen and oxygen atoms in total. The van der Waals surface area contributed by atoms with E-state index in [1.54, 1.807) is 0 Å². The highest BCUT2D eigenvalue weighted by atomic mass is 15.1. The summed E-state index contributed by atoms with van der Waals surface area (Å²) < 4.78 is 0. The lowest BCUT2D eigenvalue weighted by molar-refractivity contribution is 1.13. The van der Waals surface area contributed by atoms with Crippen LogP contribution in [-0.2, 0) is 0 Å². The minimum Gasteiger partial charge on any atom is -0.378 e. The zero-order valence-electron chi connectivity index (χ0n) is 13.0. The van der Waals surface area contributed by atoms with Crippen LogP contribution in [0.15, 0.2) is 42.5 Å². The van der Waals surface area contributed by atoms with Gasteiger partial charge in [-0.05, 0) is 54.3 Å². The van der Waals surface area contributed by atoms with Crippen LogP contribution in [0.4, 0.5) is 5.69 Å². The van der Waals surface area contributed by atoms with E-state index in [0.29, 0.717) is 5.57 Å². The van der Waals surface area contributed by atoms with Crippen LogP contribution in [0.5, 0.6) is 0 Å². The Bertz CT molecular complexity index is 719. The third-order valence-corrected chi connectivity index (χ3v) is 3.63. The van der Waals surface area contributed by atoms with E-state index in [1.165, 1.54) is 11.3 Å². The lowest BCUT2D eigenvalue weighted by Crippen LogP contribution is -2.08. The summed E-state index contributed by atoms with van der Waals surface area (Å²) in [5.41, 5.74) is 6.24. The van der Waals surface area contributed by atoms with Gasteiger partial charge in [0, 0.05) is 19.8 Å². The maximum Gasteiger partial charge on any atom is 0.0998 e. The van der Waals surface area contributed by atoms with Gasteiger partial charge in [-0.1, -0.05) is 30.3 Å². The van der Waals surface area contributed by atoms with Crippen molar-refractivity contribution in [3.8, 4) is 6.07 Å². The Morgan fingerprint density at radius 3 is 2.33 bits per heavy atom. The second-order valence-corrected chi connectivity index (χ2v) is 5.42. The fraction of sp³-hybridized carbons (Fsp3) is 0.211. The molecule has 0 aliphatic heterocycles. The molecule has 2 aromatic carbocycles. The SMILES string of the molecule is Cc1cc(N(C)C)ccc1C=C(C#N)c1ccccc1C. The van der Waals surface area contributed by atoms with E-state index >= 15 is 0 Å². The van der Waals surface area contributed by atoms with Gasteiger partial charge in [0.15, 0.2) is 0 Å².